The fraction of sp³-hybridized carbons (Fsp3) is 0.756. The van der Waals surface area contributed by atoms with Crippen molar-refractivity contribution in [2.45, 2.75) is 153 Å². The van der Waals surface area contributed by atoms with Crippen molar-refractivity contribution in [2.75, 3.05) is 46.8 Å². The van der Waals surface area contributed by atoms with E-state index in [-0.39, 0.29) is 43.2 Å². The van der Waals surface area contributed by atoms with E-state index in [1.165, 1.54) is 100 Å². The van der Waals surface area contributed by atoms with Crippen molar-refractivity contribution in [2.24, 2.45) is 5.92 Å². The van der Waals surface area contributed by atoms with Crippen LogP contribution >= 0.6 is 7.82 Å². The number of methoxy groups -OCH3 is 2. The first-order valence-electron chi connectivity index (χ1n) is 22.2. The number of hydrogen-bond acceptors (Lipinski definition) is 15. The van der Waals surface area contributed by atoms with Gasteiger partial charge in [-0.25, -0.2) is 14.2 Å². The van der Waals surface area contributed by atoms with E-state index in [4.69, 9.17) is 29.2 Å². The number of nitrogen functional groups attached to an aromatic ring is 1. The summed E-state index contributed by atoms with van der Waals surface area (Å²) in [5.41, 5.74) is 3.51. The number of alkyl halides is 1. The Morgan fingerprint density at radius 2 is 1.52 bits per heavy atom. The van der Waals surface area contributed by atoms with E-state index in [2.05, 4.69) is 31.4 Å². The zero-order valence-electron chi connectivity index (χ0n) is 36.8. The Hall–Kier alpha value is -3.82. The number of nitrogens with one attached hydrogen (secondary N) is 2. The lowest BCUT2D eigenvalue weighted by Gasteiger charge is -2.32. The standard InChI is InChI=1S/C41H66FN8O12P/c1-5-6-7-8-9-10-11-12-13-14-15-16-17-18-19-21-48(31(52)23-27-29(25-57-2)61-39(34(27)58-3)49-22-20-30(51)45-41(49)54)24-28-35(62-63(55,56)59-4)32(42)38(60-28)50-26-44-33-36(50)46-40(43)47-37(33)53/h20,22,26-29,32,34-35,38-39H,5-19,21,23-25H2,1-4H3,(H,55,56)(H,45,51,54)(H3,43,46,47,53)/p-1/t27-,28-,29-,32-,34-,35-,38-,39-/m1/s1. The van der Waals surface area contributed by atoms with Crippen molar-refractivity contribution in [3.05, 3.63) is 49.8 Å². The van der Waals surface area contributed by atoms with Crippen molar-refractivity contribution >= 4 is 30.8 Å². The molecule has 0 aromatic carbocycles. The molecule has 3 aromatic rings. The summed E-state index contributed by atoms with van der Waals surface area (Å²) in [6, 6.07) is 1.17. The highest BCUT2D eigenvalue weighted by Gasteiger charge is 2.51. The summed E-state index contributed by atoms with van der Waals surface area (Å²) < 4.78 is 65.0. The van der Waals surface area contributed by atoms with Gasteiger partial charge in [0.25, 0.3) is 18.9 Å². The number of aromatic amines is 2. The number of aromatic nitrogens is 6. The number of carbonyl (C=O) groups excluding carboxylic acids is 1. The van der Waals surface area contributed by atoms with Gasteiger partial charge in [0.1, 0.15) is 18.3 Å². The van der Waals surface area contributed by atoms with Gasteiger partial charge in [0.15, 0.2) is 29.8 Å². The second-order valence-corrected chi connectivity index (χ2v) is 17.9. The molecule has 2 aliphatic rings. The van der Waals surface area contributed by atoms with E-state index < -0.39 is 79.5 Å². The number of nitrogens with two attached hydrogens (primary N) is 1. The third kappa shape index (κ3) is 13.6. The van der Waals surface area contributed by atoms with Gasteiger partial charge in [-0.15, -0.1) is 0 Å². The van der Waals surface area contributed by atoms with Crippen LogP contribution in [0.3, 0.4) is 0 Å². The van der Waals surface area contributed by atoms with Gasteiger partial charge in [0.2, 0.25) is 11.9 Å². The summed E-state index contributed by atoms with van der Waals surface area (Å²) in [5, 5.41) is 0. The molecule has 0 bridgehead atoms. The highest BCUT2D eigenvalue weighted by atomic mass is 31.2. The number of H-pyrrole nitrogens is 2. The van der Waals surface area contributed by atoms with E-state index in [9.17, 15) is 28.6 Å². The van der Waals surface area contributed by atoms with Crippen LogP contribution in [0, 0.1) is 5.92 Å². The molecule has 2 aliphatic heterocycles. The highest BCUT2D eigenvalue weighted by molar-refractivity contribution is 7.45. The van der Waals surface area contributed by atoms with Crippen LogP contribution < -0.4 is 27.4 Å². The number of halogens is 1. The molecule has 5 heterocycles. The highest BCUT2D eigenvalue weighted by Crippen LogP contribution is 2.46. The summed E-state index contributed by atoms with van der Waals surface area (Å²) in [6.07, 6.45) is 9.84. The van der Waals surface area contributed by atoms with E-state index in [0.717, 1.165) is 43.7 Å². The fourth-order valence-corrected chi connectivity index (χ4v) is 9.19. The van der Waals surface area contributed by atoms with Gasteiger partial charge in [0.05, 0.1) is 19.0 Å². The number of phosphoric acid groups is 1. The lowest BCUT2D eigenvalue weighted by Crippen LogP contribution is -2.45. The summed E-state index contributed by atoms with van der Waals surface area (Å²) in [6.45, 7) is 2.16. The Morgan fingerprint density at radius 3 is 2.11 bits per heavy atom. The average Bonchev–Trinajstić information content (AvgIpc) is 3.91. The minimum atomic E-state index is -5.07. The second kappa shape index (κ2) is 24.5. The van der Waals surface area contributed by atoms with Crippen molar-refractivity contribution in [1.82, 2.24) is 34.0 Å². The molecule has 0 saturated carbocycles. The van der Waals surface area contributed by atoms with E-state index in [0.29, 0.717) is 6.42 Å². The van der Waals surface area contributed by atoms with E-state index in [1.54, 1.807) is 0 Å². The molecule has 63 heavy (non-hydrogen) atoms. The average molecular weight is 912 g/mol. The van der Waals surface area contributed by atoms with Crippen molar-refractivity contribution in [3.63, 3.8) is 0 Å². The molecule has 22 heteroatoms. The molecule has 0 radical (unpaired) electrons. The molecule has 5 rings (SSSR count). The van der Waals surface area contributed by atoms with Gasteiger partial charge in [0, 0.05) is 59.0 Å². The first-order chi connectivity index (χ1) is 30.3. The third-order valence-corrected chi connectivity index (χ3v) is 12.8. The van der Waals surface area contributed by atoms with Gasteiger partial charge in [-0.1, -0.05) is 96.8 Å². The molecule has 0 aliphatic carbocycles. The number of imidazole rings is 1. The zero-order valence-corrected chi connectivity index (χ0v) is 37.7. The van der Waals surface area contributed by atoms with Gasteiger partial charge in [-0.05, 0) is 6.42 Å². The number of unbranched alkanes of at least 4 members (excludes halogenated alkanes) is 14. The molecule has 2 fully saturated rings. The number of ether oxygens (including phenoxy) is 4. The van der Waals surface area contributed by atoms with Crippen molar-refractivity contribution < 1.29 is 46.6 Å². The quantitative estimate of drug-likeness (QED) is 0.0680. The third-order valence-electron chi connectivity index (χ3n) is 11.9. The SMILES string of the molecule is CCCCCCCCCCCCCCCCCN(C[C@H]1O[C@@H](n2cnc3c(=O)[nH]c(N)nc32)[C@H](F)[C@@H]1OP(=O)([O-])OC)C(=O)C[C@H]1[C@@H](OC)[C@H](n2ccc(=O)[nH]c2=O)O[C@@H]1COC. The smallest absolute Gasteiger partial charge is 0.330 e. The van der Waals surface area contributed by atoms with Crippen LogP contribution in [0.1, 0.15) is 122 Å². The predicted molar refractivity (Wildman–Crippen MR) is 228 cm³/mol. The van der Waals surface area contributed by atoms with Crippen LogP contribution in [-0.2, 0) is 37.4 Å². The molecule has 1 unspecified atom stereocenters. The molecule has 4 N–H and O–H groups in total. The summed E-state index contributed by atoms with van der Waals surface area (Å²) in [7, 11) is -1.31. The largest absolute Gasteiger partial charge is 0.756 e. The monoisotopic (exact) mass is 911 g/mol. The number of amides is 1. The number of fused-ring (bicyclic) bond motifs is 1. The summed E-state index contributed by atoms with van der Waals surface area (Å²) in [4.78, 5) is 78.6. The molecular formula is C41H65FN8O12P-. The van der Waals surface area contributed by atoms with Gasteiger partial charge >= 0.3 is 5.69 Å². The Balaban J connectivity index is 1.31. The number of hydrogen-bond donors (Lipinski definition) is 3. The maximum absolute atomic E-state index is 16.6. The Labute approximate surface area is 366 Å². The van der Waals surface area contributed by atoms with Gasteiger partial charge in [-0.3, -0.25) is 38.1 Å². The molecule has 1 amide bonds. The normalized spacial score (nSPS) is 24.6. The molecular weight excluding hydrogens is 846 g/mol. The number of rotatable bonds is 28. The molecule has 20 nitrogen and oxygen atoms in total. The topological polar surface area (TPSA) is 260 Å². The van der Waals surface area contributed by atoms with Crippen LogP contribution in [0.2, 0.25) is 0 Å². The minimum Gasteiger partial charge on any atom is -0.756 e. The molecule has 2 saturated heterocycles. The first-order valence-corrected chi connectivity index (χ1v) is 23.6. The molecule has 3 aromatic heterocycles. The lowest BCUT2D eigenvalue weighted by atomic mass is 9.93. The summed E-state index contributed by atoms with van der Waals surface area (Å²) in [5.74, 6) is -1.35. The molecule has 9 atom stereocenters. The van der Waals surface area contributed by atoms with Crippen LogP contribution in [0.15, 0.2) is 33.0 Å². The minimum absolute atomic E-state index is 0.0361. The first kappa shape index (κ1) is 50.2. The zero-order chi connectivity index (χ0) is 45.5. The Kier molecular flexibility index (Phi) is 19.5. The van der Waals surface area contributed by atoms with E-state index >= 15 is 4.39 Å². The Bertz CT molecular complexity index is 2120. The van der Waals surface area contributed by atoms with Crippen molar-refractivity contribution in [1.29, 1.82) is 0 Å². The van der Waals surface area contributed by atoms with E-state index in [1.807, 2.05) is 0 Å². The van der Waals surface area contributed by atoms with Crippen molar-refractivity contribution in [3.8, 4) is 0 Å². The second-order valence-electron chi connectivity index (χ2n) is 16.4. The fourth-order valence-electron chi connectivity index (χ4n) is 8.55. The van der Waals surface area contributed by atoms with Crippen LogP contribution in [0.5, 0.6) is 0 Å². The predicted octanol–water partition coefficient (Wildman–Crippen LogP) is 4.25. The van der Waals surface area contributed by atoms with Crippen LogP contribution in [-0.4, -0.2) is 111 Å². The number of anilines is 1. The maximum Gasteiger partial charge on any atom is 0.330 e. The number of carbonyl (C=O) groups is 1. The maximum atomic E-state index is 16.6. The summed E-state index contributed by atoms with van der Waals surface area (Å²) >= 11 is 0. The molecule has 0 spiro atoms. The molecule has 354 valence electrons. The number of phosphoric ester groups is 1. The van der Waals surface area contributed by atoms with Crippen LogP contribution in [0.25, 0.3) is 11.2 Å². The van der Waals surface area contributed by atoms with Crippen LogP contribution in [0.4, 0.5) is 10.3 Å². The van der Waals surface area contributed by atoms with Gasteiger partial charge in [-0.2, -0.15) is 4.98 Å². The van der Waals surface area contributed by atoms with Gasteiger partial charge < -0.3 is 43.5 Å². The number of nitrogens with zero attached hydrogens (tertiary/aromatic N) is 5. The lowest BCUT2D eigenvalue weighted by molar-refractivity contribution is -0.230. The Morgan fingerprint density at radius 1 is 0.905 bits per heavy atom.